The molecule has 2 atom stereocenters. The monoisotopic (exact) mass is 525 g/mol. The number of rotatable bonds is 4. The summed E-state index contributed by atoms with van der Waals surface area (Å²) in [6, 6.07) is 11.1. The first-order valence-electron chi connectivity index (χ1n) is 13.5. The minimum absolute atomic E-state index is 0.175. The van der Waals surface area contributed by atoms with Crippen LogP contribution in [0.2, 0.25) is 0 Å². The number of methoxy groups -OCH3 is 1. The Labute approximate surface area is 224 Å². The molecule has 1 spiro atoms. The molecular weight excluding hydrogens is 486 g/mol. The quantitative estimate of drug-likeness (QED) is 0.586. The largest absolute Gasteiger partial charge is 0.496 e. The summed E-state index contributed by atoms with van der Waals surface area (Å²) in [4.78, 5) is 34.8. The number of carbonyl (C=O) groups is 2. The van der Waals surface area contributed by atoms with Crippen molar-refractivity contribution in [2.24, 2.45) is 5.41 Å². The summed E-state index contributed by atoms with van der Waals surface area (Å²) in [7, 11) is 1.53. The van der Waals surface area contributed by atoms with Crippen LogP contribution in [0.25, 0.3) is 0 Å². The molecule has 1 aromatic carbocycles. The van der Waals surface area contributed by atoms with Gasteiger partial charge in [0.05, 0.1) is 24.2 Å². The van der Waals surface area contributed by atoms with Crippen LogP contribution in [0.3, 0.4) is 0 Å². The van der Waals surface area contributed by atoms with E-state index in [1.807, 2.05) is 18.2 Å². The predicted molar refractivity (Wildman–Crippen MR) is 142 cm³/mol. The van der Waals surface area contributed by atoms with Crippen molar-refractivity contribution in [1.29, 1.82) is 0 Å². The van der Waals surface area contributed by atoms with Crippen molar-refractivity contribution in [2.75, 3.05) is 39.9 Å². The van der Waals surface area contributed by atoms with Gasteiger partial charge in [-0.25, -0.2) is 0 Å². The van der Waals surface area contributed by atoms with Crippen molar-refractivity contribution < 1.29 is 29.3 Å². The van der Waals surface area contributed by atoms with Crippen LogP contribution in [0, 0.1) is 5.41 Å². The number of likely N-dealkylation sites (tertiary alicyclic amines) is 1. The number of esters is 1. The Morgan fingerprint density at radius 3 is 2.50 bits per heavy atom. The number of carbonyl (C=O) groups excluding carboxylic acids is 2. The highest BCUT2D eigenvalue weighted by Crippen LogP contribution is 2.39. The zero-order valence-electron chi connectivity index (χ0n) is 22.1. The third kappa shape index (κ3) is 6.89. The van der Waals surface area contributed by atoms with E-state index in [0.717, 1.165) is 32.5 Å². The van der Waals surface area contributed by atoms with Crippen LogP contribution in [-0.4, -0.2) is 89.0 Å². The Morgan fingerprint density at radius 2 is 1.76 bits per heavy atom. The zero-order chi connectivity index (χ0) is 27.0. The van der Waals surface area contributed by atoms with Crippen LogP contribution in [0.4, 0.5) is 0 Å². The van der Waals surface area contributed by atoms with Gasteiger partial charge in [0, 0.05) is 32.0 Å². The predicted octanol–water partition coefficient (Wildman–Crippen LogP) is 2.65. The van der Waals surface area contributed by atoms with Crippen LogP contribution < -0.4 is 4.74 Å². The molecule has 9 nitrogen and oxygen atoms in total. The molecule has 0 bridgehead atoms. The first-order chi connectivity index (χ1) is 18.4. The lowest BCUT2D eigenvalue weighted by Crippen LogP contribution is -2.45. The van der Waals surface area contributed by atoms with Gasteiger partial charge >= 0.3 is 5.97 Å². The van der Waals surface area contributed by atoms with E-state index >= 15 is 0 Å². The van der Waals surface area contributed by atoms with E-state index < -0.39 is 17.6 Å². The van der Waals surface area contributed by atoms with Gasteiger partial charge in [0.15, 0.2) is 0 Å². The molecule has 2 N–H and O–H groups in total. The van der Waals surface area contributed by atoms with Gasteiger partial charge in [-0.05, 0) is 75.0 Å². The Morgan fingerprint density at radius 1 is 1.03 bits per heavy atom. The average Bonchev–Trinajstić information content (AvgIpc) is 2.96. The van der Waals surface area contributed by atoms with Crippen molar-refractivity contribution in [2.45, 2.75) is 57.3 Å². The van der Waals surface area contributed by atoms with Gasteiger partial charge in [-0.3, -0.25) is 19.5 Å². The first-order valence-corrected chi connectivity index (χ1v) is 13.5. The highest BCUT2D eigenvalue weighted by atomic mass is 16.5. The van der Waals surface area contributed by atoms with Gasteiger partial charge in [0.25, 0.3) is 5.91 Å². The molecule has 0 unspecified atom stereocenters. The van der Waals surface area contributed by atoms with E-state index in [1.54, 1.807) is 35.5 Å². The van der Waals surface area contributed by atoms with Crippen molar-refractivity contribution in [3.8, 4) is 5.75 Å². The molecule has 2 aliphatic heterocycles. The molecule has 1 aromatic heterocycles. The number of benzene rings is 1. The standard InChI is InChI=1S/C29H39N3O6/c1-37-26-7-3-2-6-23(26)27(35)32-16-5-4-11-29(28(36)38-21-25(34)24(33)10-17-32)12-18-31(19-13-29)20-22-8-14-30-15-9-22/h2-3,6-9,14-15,24-25,33-34H,4-5,10-13,16-21H2,1H3/t24-,25+/m0/s1. The van der Waals surface area contributed by atoms with E-state index in [0.29, 0.717) is 37.1 Å². The van der Waals surface area contributed by atoms with Gasteiger partial charge in [-0.2, -0.15) is 0 Å². The van der Waals surface area contributed by atoms with E-state index in [-0.39, 0.29) is 31.4 Å². The van der Waals surface area contributed by atoms with Crippen LogP contribution >= 0.6 is 0 Å². The maximum absolute atomic E-state index is 13.4. The summed E-state index contributed by atoms with van der Waals surface area (Å²) in [5.74, 6) is 0.0245. The summed E-state index contributed by atoms with van der Waals surface area (Å²) < 4.78 is 11.0. The smallest absolute Gasteiger partial charge is 0.312 e. The topological polar surface area (TPSA) is 112 Å². The maximum atomic E-state index is 13.4. The maximum Gasteiger partial charge on any atom is 0.312 e. The molecule has 1 amide bonds. The number of hydrogen-bond acceptors (Lipinski definition) is 8. The average molecular weight is 526 g/mol. The number of para-hydroxylation sites is 1. The summed E-state index contributed by atoms with van der Waals surface area (Å²) in [5.41, 5.74) is 1.02. The lowest BCUT2D eigenvalue weighted by atomic mass is 9.74. The molecule has 0 radical (unpaired) electrons. The number of piperidine rings is 1. The van der Waals surface area contributed by atoms with E-state index in [2.05, 4.69) is 9.88 Å². The number of cyclic esters (lactones) is 1. The Balaban J connectivity index is 1.45. The summed E-state index contributed by atoms with van der Waals surface area (Å²) >= 11 is 0. The third-order valence-electron chi connectivity index (χ3n) is 7.88. The minimum atomic E-state index is -1.22. The molecule has 3 heterocycles. The van der Waals surface area contributed by atoms with E-state index in [9.17, 15) is 19.8 Å². The van der Waals surface area contributed by atoms with Gasteiger partial charge in [-0.1, -0.05) is 18.6 Å². The molecule has 206 valence electrons. The second kappa shape index (κ2) is 13.2. The Kier molecular flexibility index (Phi) is 9.71. The SMILES string of the molecule is COc1ccccc1C(=O)N1CCCCC2(CCN(Cc3ccncc3)CC2)C(=O)OC[C@@H](O)[C@@H](O)CC1. The lowest BCUT2D eigenvalue weighted by molar-refractivity contribution is -0.165. The summed E-state index contributed by atoms with van der Waals surface area (Å²) in [6.07, 6.45) is 4.89. The molecule has 2 fully saturated rings. The fourth-order valence-electron chi connectivity index (χ4n) is 5.42. The van der Waals surface area contributed by atoms with Crippen LogP contribution in [0.5, 0.6) is 5.75 Å². The molecular formula is C29H39N3O6. The van der Waals surface area contributed by atoms with Crippen molar-refractivity contribution in [3.05, 3.63) is 59.9 Å². The van der Waals surface area contributed by atoms with Crippen LogP contribution in [-0.2, 0) is 16.1 Å². The molecule has 4 rings (SSSR count). The van der Waals surface area contributed by atoms with Gasteiger partial charge < -0.3 is 24.6 Å². The second-order valence-electron chi connectivity index (χ2n) is 10.4. The third-order valence-corrected chi connectivity index (χ3v) is 7.88. The molecule has 9 heteroatoms. The first kappa shape index (κ1) is 28.0. The number of pyridine rings is 1. The van der Waals surface area contributed by atoms with Gasteiger partial charge in [0.1, 0.15) is 18.5 Å². The minimum Gasteiger partial charge on any atom is -0.496 e. The molecule has 2 aliphatic rings. The second-order valence-corrected chi connectivity index (χ2v) is 10.4. The number of aliphatic hydroxyl groups excluding tert-OH is 2. The number of aliphatic hydroxyl groups is 2. The highest BCUT2D eigenvalue weighted by molar-refractivity contribution is 5.97. The number of amides is 1. The fourth-order valence-corrected chi connectivity index (χ4v) is 5.42. The number of hydrogen-bond donors (Lipinski definition) is 2. The lowest BCUT2D eigenvalue weighted by Gasteiger charge is -2.40. The molecule has 0 saturated carbocycles. The molecule has 38 heavy (non-hydrogen) atoms. The normalized spacial score (nSPS) is 23.6. The van der Waals surface area contributed by atoms with Gasteiger partial charge in [-0.15, -0.1) is 0 Å². The van der Waals surface area contributed by atoms with E-state index in [1.165, 1.54) is 12.7 Å². The van der Waals surface area contributed by atoms with E-state index in [4.69, 9.17) is 9.47 Å². The Bertz CT molecular complexity index is 1060. The number of nitrogens with zero attached hydrogens (tertiary/aromatic N) is 3. The van der Waals surface area contributed by atoms with Gasteiger partial charge in [0.2, 0.25) is 0 Å². The summed E-state index contributed by atoms with van der Waals surface area (Å²) in [6.45, 7) is 2.83. The fraction of sp³-hybridized carbons (Fsp3) is 0.552. The van der Waals surface area contributed by atoms with Crippen molar-refractivity contribution in [1.82, 2.24) is 14.8 Å². The number of aromatic nitrogens is 1. The number of ether oxygens (including phenoxy) is 2. The molecule has 2 saturated heterocycles. The van der Waals surface area contributed by atoms with Crippen LogP contribution in [0.15, 0.2) is 48.8 Å². The molecule has 0 aliphatic carbocycles. The zero-order valence-corrected chi connectivity index (χ0v) is 22.1. The van der Waals surface area contributed by atoms with Crippen molar-refractivity contribution in [3.63, 3.8) is 0 Å². The highest BCUT2D eigenvalue weighted by Gasteiger charge is 2.42. The van der Waals surface area contributed by atoms with Crippen molar-refractivity contribution >= 4 is 11.9 Å². The summed E-state index contributed by atoms with van der Waals surface area (Å²) in [5, 5.41) is 21.1. The van der Waals surface area contributed by atoms with Crippen LogP contribution in [0.1, 0.15) is 54.4 Å². The molecule has 2 aromatic rings. The Hall–Kier alpha value is -3.01.